The van der Waals surface area contributed by atoms with Crippen molar-refractivity contribution in [2.75, 3.05) is 5.32 Å². The third-order valence-corrected chi connectivity index (χ3v) is 4.89. The molecule has 3 rings (SSSR count). The number of hydrogen-bond donors (Lipinski definition) is 3. The van der Waals surface area contributed by atoms with E-state index in [1.54, 1.807) is 5.38 Å². The summed E-state index contributed by atoms with van der Waals surface area (Å²) in [6.07, 6.45) is 0. The maximum absolute atomic E-state index is 12.4. The molecule has 2 heterocycles. The summed E-state index contributed by atoms with van der Waals surface area (Å²) in [6, 6.07) is 7.05. The van der Waals surface area contributed by atoms with E-state index >= 15 is 0 Å². The van der Waals surface area contributed by atoms with Crippen LogP contribution in [0.3, 0.4) is 0 Å². The highest BCUT2D eigenvalue weighted by molar-refractivity contribution is 7.16. The van der Waals surface area contributed by atoms with Crippen molar-refractivity contribution < 1.29 is 24.6 Å². The average molecular weight is 374 g/mol. The lowest BCUT2D eigenvalue weighted by atomic mass is 10.0. The van der Waals surface area contributed by atoms with Crippen molar-refractivity contribution in [3.63, 3.8) is 0 Å². The molecule has 3 aromatic rings. The number of aromatic nitrogens is 1. The van der Waals surface area contributed by atoms with Gasteiger partial charge in [0.25, 0.3) is 5.91 Å². The number of carboxylic acids is 2. The molecule has 126 valence electrons. The van der Waals surface area contributed by atoms with Crippen molar-refractivity contribution in [1.29, 1.82) is 0 Å². The van der Waals surface area contributed by atoms with Crippen LogP contribution >= 0.6 is 22.7 Å². The molecule has 0 atom stereocenters. The average Bonchev–Trinajstić information content (AvgIpc) is 3.25. The maximum atomic E-state index is 12.4. The predicted molar refractivity (Wildman–Crippen MR) is 93.7 cm³/mol. The van der Waals surface area contributed by atoms with Crippen LogP contribution in [0.1, 0.15) is 31.1 Å². The highest BCUT2D eigenvalue weighted by Gasteiger charge is 2.20. The van der Waals surface area contributed by atoms with Gasteiger partial charge in [-0.25, -0.2) is 14.6 Å². The maximum Gasteiger partial charge on any atom is 0.336 e. The van der Waals surface area contributed by atoms with Crippen LogP contribution in [0.15, 0.2) is 41.1 Å². The van der Waals surface area contributed by atoms with Gasteiger partial charge in [-0.05, 0) is 29.6 Å². The van der Waals surface area contributed by atoms with Crippen molar-refractivity contribution in [1.82, 2.24) is 4.98 Å². The molecule has 0 fully saturated rings. The largest absolute Gasteiger partial charge is 0.478 e. The number of nitrogens with zero attached hydrogens (tertiary/aromatic N) is 1. The molecule has 25 heavy (non-hydrogen) atoms. The van der Waals surface area contributed by atoms with Crippen LogP contribution in [-0.2, 0) is 0 Å². The molecule has 0 aliphatic carbocycles. The monoisotopic (exact) mass is 374 g/mol. The summed E-state index contributed by atoms with van der Waals surface area (Å²) in [5, 5.41) is 24.7. The normalized spacial score (nSPS) is 10.4. The van der Waals surface area contributed by atoms with E-state index in [0.717, 1.165) is 23.1 Å². The number of carbonyl (C=O) groups excluding carboxylic acids is 1. The summed E-state index contributed by atoms with van der Waals surface area (Å²) in [4.78, 5) is 40.0. The Kier molecular flexibility index (Phi) is 4.59. The second kappa shape index (κ2) is 6.83. The van der Waals surface area contributed by atoms with Gasteiger partial charge in [0.2, 0.25) is 0 Å². The number of thiophene rings is 1. The van der Waals surface area contributed by atoms with Crippen molar-refractivity contribution in [3.05, 3.63) is 57.8 Å². The summed E-state index contributed by atoms with van der Waals surface area (Å²) >= 11 is 2.70. The Bertz CT molecular complexity index is 963. The van der Waals surface area contributed by atoms with Crippen LogP contribution in [0.2, 0.25) is 0 Å². The first-order chi connectivity index (χ1) is 12.0. The third kappa shape index (κ3) is 3.57. The number of anilines is 1. The first-order valence-electron chi connectivity index (χ1n) is 6.87. The highest BCUT2D eigenvalue weighted by atomic mass is 32.1. The summed E-state index contributed by atoms with van der Waals surface area (Å²) in [7, 11) is 0. The number of carboxylic acid groups (broad SMARTS) is 2. The van der Waals surface area contributed by atoms with Gasteiger partial charge in [-0.15, -0.1) is 22.7 Å². The summed E-state index contributed by atoms with van der Waals surface area (Å²) < 4.78 is 0. The number of nitrogens with one attached hydrogen (secondary N) is 1. The van der Waals surface area contributed by atoms with E-state index in [2.05, 4.69) is 10.3 Å². The van der Waals surface area contributed by atoms with Crippen LogP contribution in [0, 0.1) is 0 Å². The fraction of sp³-hybridized carbons (Fsp3) is 0. The first kappa shape index (κ1) is 16.8. The lowest BCUT2D eigenvalue weighted by molar-refractivity contribution is 0.0679. The molecule has 7 nitrogen and oxygen atoms in total. The number of aromatic carboxylic acids is 2. The number of rotatable bonds is 5. The Morgan fingerprint density at radius 2 is 1.80 bits per heavy atom. The number of hydrogen-bond acceptors (Lipinski definition) is 6. The van der Waals surface area contributed by atoms with Crippen molar-refractivity contribution in [2.24, 2.45) is 0 Å². The SMILES string of the molecule is O=C(O)c1ccc(C(=O)O)c(C(=O)Nc2nc(-c3cccs3)cs2)c1. The zero-order chi connectivity index (χ0) is 18.0. The topological polar surface area (TPSA) is 117 Å². The van der Waals surface area contributed by atoms with Gasteiger partial charge in [-0.2, -0.15) is 0 Å². The molecule has 2 aromatic heterocycles. The summed E-state index contributed by atoms with van der Waals surface area (Å²) in [6.45, 7) is 0. The zero-order valence-electron chi connectivity index (χ0n) is 12.4. The van der Waals surface area contributed by atoms with Gasteiger partial charge in [0.05, 0.1) is 27.3 Å². The molecule has 1 aromatic carbocycles. The Morgan fingerprint density at radius 1 is 1.00 bits per heavy atom. The first-order valence-corrected chi connectivity index (χ1v) is 8.63. The zero-order valence-corrected chi connectivity index (χ0v) is 14.1. The molecular weight excluding hydrogens is 364 g/mol. The Morgan fingerprint density at radius 3 is 2.44 bits per heavy atom. The van der Waals surface area contributed by atoms with E-state index < -0.39 is 17.8 Å². The van der Waals surface area contributed by atoms with E-state index in [4.69, 9.17) is 5.11 Å². The van der Waals surface area contributed by atoms with Crippen LogP contribution in [-0.4, -0.2) is 33.0 Å². The van der Waals surface area contributed by atoms with Gasteiger partial charge in [0.1, 0.15) is 0 Å². The predicted octanol–water partition coefficient (Wildman–Crippen LogP) is 3.52. The number of thiazole rings is 1. The van der Waals surface area contributed by atoms with Gasteiger partial charge in [-0.3, -0.25) is 10.1 Å². The number of benzene rings is 1. The van der Waals surface area contributed by atoms with Gasteiger partial charge in [0.15, 0.2) is 5.13 Å². The molecule has 0 aliphatic heterocycles. The van der Waals surface area contributed by atoms with Crippen LogP contribution in [0.5, 0.6) is 0 Å². The number of carbonyl (C=O) groups is 3. The van der Waals surface area contributed by atoms with Crippen LogP contribution in [0.4, 0.5) is 5.13 Å². The number of amides is 1. The summed E-state index contributed by atoms with van der Waals surface area (Å²) in [5.74, 6) is -3.30. The molecule has 0 unspecified atom stereocenters. The minimum absolute atomic E-state index is 0.173. The third-order valence-electron chi connectivity index (χ3n) is 3.24. The van der Waals surface area contributed by atoms with Gasteiger partial charge in [0, 0.05) is 5.38 Å². The van der Waals surface area contributed by atoms with E-state index in [-0.39, 0.29) is 16.7 Å². The molecule has 0 aliphatic rings. The molecule has 0 bridgehead atoms. The van der Waals surface area contributed by atoms with E-state index in [0.29, 0.717) is 10.8 Å². The van der Waals surface area contributed by atoms with Gasteiger partial charge in [-0.1, -0.05) is 6.07 Å². The van der Waals surface area contributed by atoms with Gasteiger partial charge < -0.3 is 10.2 Å². The summed E-state index contributed by atoms with van der Waals surface area (Å²) in [5.41, 5.74) is 0.0134. The quantitative estimate of drug-likeness (QED) is 0.629. The smallest absolute Gasteiger partial charge is 0.336 e. The van der Waals surface area contributed by atoms with Crippen molar-refractivity contribution in [2.45, 2.75) is 0 Å². The molecular formula is C16H10N2O5S2. The fourth-order valence-electron chi connectivity index (χ4n) is 2.08. The minimum atomic E-state index is -1.32. The standard InChI is InChI=1S/C16H10N2O5S2/c19-13(10-6-8(14(20)21)3-4-9(10)15(22)23)18-16-17-11(7-25-16)12-2-1-5-24-12/h1-7H,(H,20,21)(H,22,23)(H,17,18,19). The van der Waals surface area contributed by atoms with Crippen LogP contribution in [0.25, 0.3) is 10.6 Å². The molecule has 3 N–H and O–H groups in total. The second-order valence-corrected chi connectivity index (χ2v) is 6.65. The molecule has 1 amide bonds. The Labute approximate surface area is 149 Å². The lowest BCUT2D eigenvalue weighted by Crippen LogP contribution is -2.17. The van der Waals surface area contributed by atoms with E-state index in [1.165, 1.54) is 22.7 Å². The lowest BCUT2D eigenvalue weighted by Gasteiger charge is -2.07. The van der Waals surface area contributed by atoms with E-state index in [1.807, 2.05) is 17.5 Å². The Hall–Kier alpha value is -3.04. The molecule has 0 saturated carbocycles. The van der Waals surface area contributed by atoms with Crippen molar-refractivity contribution in [3.8, 4) is 10.6 Å². The van der Waals surface area contributed by atoms with Crippen LogP contribution < -0.4 is 5.32 Å². The highest BCUT2D eigenvalue weighted by Crippen LogP contribution is 2.28. The van der Waals surface area contributed by atoms with Crippen molar-refractivity contribution >= 4 is 45.7 Å². The fourth-order valence-corrected chi connectivity index (χ4v) is 3.55. The molecule has 9 heteroatoms. The molecule has 0 saturated heterocycles. The van der Waals surface area contributed by atoms with Gasteiger partial charge >= 0.3 is 11.9 Å². The molecule has 0 radical (unpaired) electrons. The Balaban J connectivity index is 1.89. The second-order valence-electron chi connectivity index (χ2n) is 4.84. The molecule has 0 spiro atoms. The van der Waals surface area contributed by atoms with E-state index in [9.17, 15) is 19.5 Å². The minimum Gasteiger partial charge on any atom is -0.478 e.